The van der Waals surface area contributed by atoms with Crippen molar-refractivity contribution in [1.29, 1.82) is 0 Å². The molecule has 1 saturated carbocycles. The van der Waals surface area contributed by atoms with Crippen LogP contribution in [0.3, 0.4) is 0 Å². The molecule has 120 valence electrons. The Morgan fingerprint density at radius 3 is 2.62 bits per heavy atom. The largest absolute Gasteiger partial charge is 0.382 e. The van der Waals surface area contributed by atoms with Crippen molar-refractivity contribution in [3.8, 4) is 0 Å². The number of nitrogens with zero attached hydrogens (tertiary/aromatic N) is 1. The molecular formula is C15H26N2O4. The summed E-state index contributed by atoms with van der Waals surface area (Å²) >= 11 is 0. The van der Waals surface area contributed by atoms with Gasteiger partial charge >= 0.3 is 0 Å². The highest BCUT2D eigenvalue weighted by molar-refractivity contribution is 5.97. The van der Waals surface area contributed by atoms with Gasteiger partial charge in [-0.15, -0.1) is 0 Å². The quantitative estimate of drug-likeness (QED) is 0.631. The predicted molar refractivity (Wildman–Crippen MR) is 77.8 cm³/mol. The van der Waals surface area contributed by atoms with Crippen LogP contribution in [-0.2, 0) is 19.1 Å². The molecule has 0 spiro atoms. The molecular weight excluding hydrogens is 272 g/mol. The van der Waals surface area contributed by atoms with Crippen LogP contribution in [0.5, 0.6) is 0 Å². The fourth-order valence-corrected chi connectivity index (χ4v) is 2.63. The molecule has 0 aromatic rings. The van der Waals surface area contributed by atoms with E-state index in [1.54, 1.807) is 18.9 Å². The highest BCUT2D eigenvalue weighted by Crippen LogP contribution is 2.35. The van der Waals surface area contributed by atoms with Gasteiger partial charge in [0.1, 0.15) is 12.1 Å². The highest BCUT2D eigenvalue weighted by atomic mass is 16.5. The average molecular weight is 298 g/mol. The van der Waals surface area contributed by atoms with Crippen LogP contribution in [0.15, 0.2) is 0 Å². The van der Waals surface area contributed by atoms with E-state index in [2.05, 4.69) is 5.32 Å². The van der Waals surface area contributed by atoms with Gasteiger partial charge in [-0.2, -0.15) is 0 Å². The van der Waals surface area contributed by atoms with Gasteiger partial charge in [0.25, 0.3) is 0 Å². The monoisotopic (exact) mass is 298 g/mol. The molecule has 2 amide bonds. The lowest BCUT2D eigenvalue weighted by Crippen LogP contribution is -2.63. The van der Waals surface area contributed by atoms with Crippen molar-refractivity contribution in [3.05, 3.63) is 0 Å². The van der Waals surface area contributed by atoms with Crippen molar-refractivity contribution in [3.63, 3.8) is 0 Å². The van der Waals surface area contributed by atoms with Crippen molar-refractivity contribution in [2.45, 2.75) is 44.7 Å². The summed E-state index contributed by atoms with van der Waals surface area (Å²) < 4.78 is 10.3. The van der Waals surface area contributed by atoms with E-state index >= 15 is 0 Å². The summed E-state index contributed by atoms with van der Waals surface area (Å²) in [7, 11) is 1.65. The molecule has 21 heavy (non-hydrogen) atoms. The number of rotatable bonds is 9. The Bertz CT molecular complexity index is 371. The van der Waals surface area contributed by atoms with Crippen LogP contribution in [0.25, 0.3) is 0 Å². The third-order valence-electron chi connectivity index (χ3n) is 4.16. The van der Waals surface area contributed by atoms with Crippen LogP contribution in [0.4, 0.5) is 0 Å². The van der Waals surface area contributed by atoms with Crippen LogP contribution in [0.1, 0.15) is 32.6 Å². The number of piperazine rings is 1. The Kier molecular flexibility index (Phi) is 5.99. The van der Waals surface area contributed by atoms with Gasteiger partial charge in [-0.1, -0.05) is 0 Å². The van der Waals surface area contributed by atoms with E-state index in [1.807, 2.05) is 0 Å². The van der Waals surface area contributed by atoms with E-state index in [9.17, 15) is 9.59 Å². The summed E-state index contributed by atoms with van der Waals surface area (Å²) in [5.41, 5.74) is 0. The molecule has 1 N–H and O–H groups in total. The molecule has 2 rings (SSSR count). The third-order valence-corrected chi connectivity index (χ3v) is 4.16. The Morgan fingerprint density at radius 1 is 1.19 bits per heavy atom. The second-order valence-electron chi connectivity index (χ2n) is 5.84. The van der Waals surface area contributed by atoms with Gasteiger partial charge in [0, 0.05) is 20.3 Å². The lowest BCUT2D eigenvalue weighted by atomic mass is 10.0. The van der Waals surface area contributed by atoms with E-state index in [0.29, 0.717) is 32.3 Å². The molecule has 1 aliphatic heterocycles. The molecule has 6 nitrogen and oxygen atoms in total. The first kappa shape index (κ1) is 16.2. The zero-order chi connectivity index (χ0) is 15.2. The van der Waals surface area contributed by atoms with Crippen LogP contribution in [-0.4, -0.2) is 62.3 Å². The number of carbonyl (C=O) groups is 2. The van der Waals surface area contributed by atoms with Crippen molar-refractivity contribution in [2.75, 3.05) is 33.5 Å². The number of hydrogen-bond acceptors (Lipinski definition) is 4. The molecule has 6 heteroatoms. The summed E-state index contributed by atoms with van der Waals surface area (Å²) in [5, 5.41) is 2.86. The predicted octanol–water partition coefficient (Wildman–Crippen LogP) is 0.555. The number of ether oxygens (including phenoxy) is 2. The van der Waals surface area contributed by atoms with E-state index in [-0.39, 0.29) is 23.9 Å². The number of methoxy groups -OCH3 is 1. The first-order valence-electron chi connectivity index (χ1n) is 7.82. The Balaban J connectivity index is 1.72. The maximum Gasteiger partial charge on any atom is 0.246 e. The Hall–Kier alpha value is -1.14. The Morgan fingerprint density at radius 2 is 1.95 bits per heavy atom. The smallest absolute Gasteiger partial charge is 0.246 e. The molecule has 2 aliphatic rings. The maximum absolute atomic E-state index is 12.4. The average Bonchev–Trinajstić information content (AvgIpc) is 3.29. The number of nitrogens with one attached hydrogen (secondary N) is 1. The second kappa shape index (κ2) is 7.75. The van der Waals surface area contributed by atoms with Gasteiger partial charge in [-0.05, 0) is 38.5 Å². The van der Waals surface area contributed by atoms with E-state index in [4.69, 9.17) is 9.47 Å². The minimum absolute atomic E-state index is 0.0251. The van der Waals surface area contributed by atoms with Crippen LogP contribution < -0.4 is 5.32 Å². The Labute approximate surface area is 126 Å². The highest BCUT2D eigenvalue weighted by Gasteiger charge is 2.45. The summed E-state index contributed by atoms with van der Waals surface area (Å²) in [6, 6.07) is -0.645. The molecule has 1 aliphatic carbocycles. The van der Waals surface area contributed by atoms with E-state index in [0.717, 1.165) is 25.7 Å². The van der Waals surface area contributed by atoms with E-state index in [1.165, 1.54) is 0 Å². The molecule has 2 fully saturated rings. The fourth-order valence-electron chi connectivity index (χ4n) is 2.63. The molecule has 0 bridgehead atoms. The zero-order valence-corrected chi connectivity index (χ0v) is 13.0. The van der Waals surface area contributed by atoms with Gasteiger partial charge in [-0.25, -0.2) is 0 Å². The van der Waals surface area contributed by atoms with E-state index < -0.39 is 0 Å². The molecule has 2 atom stereocenters. The van der Waals surface area contributed by atoms with Crippen LogP contribution >= 0.6 is 0 Å². The number of unbranched alkanes of at least 4 members (excludes halogenated alkanes) is 1. The lowest BCUT2D eigenvalue weighted by molar-refractivity contribution is -0.149. The fraction of sp³-hybridized carbons (Fsp3) is 0.867. The second-order valence-corrected chi connectivity index (χ2v) is 5.84. The molecule has 0 radical (unpaired) electrons. The minimum Gasteiger partial charge on any atom is -0.382 e. The van der Waals surface area contributed by atoms with Crippen molar-refractivity contribution < 1.29 is 19.1 Å². The molecule has 0 aromatic carbocycles. The zero-order valence-electron chi connectivity index (χ0n) is 13.0. The van der Waals surface area contributed by atoms with Gasteiger partial charge in [0.2, 0.25) is 11.8 Å². The molecule has 1 heterocycles. The summed E-state index contributed by atoms with van der Waals surface area (Å²) in [6.45, 7) is 4.29. The first-order chi connectivity index (χ1) is 10.1. The van der Waals surface area contributed by atoms with Crippen LogP contribution in [0.2, 0.25) is 0 Å². The summed E-state index contributed by atoms with van der Waals surface area (Å²) in [6.07, 6.45) is 3.84. The molecule has 0 aromatic heterocycles. The molecule has 1 saturated heterocycles. The standard InChI is InChI=1S/C15H26N2O4/c1-11-14(18)16-13(12-5-6-12)15(19)17(11)7-3-4-8-21-10-9-20-2/h11-13H,3-10H2,1-2H3,(H,16,18). The van der Waals surface area contributed by atoms with Crippen LogP contribution in [0, 0.1) is 5.92 Å². The minimum atomic E-state index is -0.359. The van der Waals surface area contributed by atoms with Gasteiger partial charge in [0.05, 0.1) is 13.2 Å². The molecule has 2 unspecified atom stereocenters. The number of hydrogen-bond donors (Lipinski definition) is 1. The topological polar surface area (TPSA) is 67.9 Å². The van der Waals surface area contributed by atoms with Crippen molar-refractivity contribution in [1.82, 2.24) is 10.2 Å². The van der Waals surface area contributed by atoms with Gasteiger partial charge in [-0.3, -0.25) is 9.59 Å². The normalized spacial score (nSPS) is 26.1. The summed E-state index contributed by atoms with van der Waals surface area (Å²) in [5.74, 6) is 0.418. The first-order valence-corrected chi connectivity index (χ1v) is 7.82. The lowest BCUT2D eigenvalue weighted by Gasteiger charge is -2.37. The van der Waals surface area contributed by atoms with Gasteiger partial charge in [0.15, 0.2) is 0 Å². The van der Waals surface area contributed by atoms with Gasteiger partial charge < -0.3 is 19.7 Å². The third kappa shape index (κ3) is 4.41. The van der Waals surface area contributed by atoms with Crippen molar-refractivity contribution >= 4 is 11.8 Å². The maximum atomic E-state index is 12.4. The number of carbonyl (C=O) groups excluding carboxylic acids is 2. The SMILES string of the molecule is COCCOCCCCN1C(=O)C(C2CC2)NC(=O)C1C. The number of amides is 2. The van der Waals surface area contributed by atoms with Crippen molar-refractivity contribution in [2.24, 2.45) is 5.92 Å². The summed E-state index contributed by atoms with van der Waals surface area (Å²) in [4.78, 5) is 26.1.